The topological polar surface area (TPSA) is 87.2 Å². The SMILES string of the molecule is Cc1ccc(C(=O)Nc2ccc(Cc3nc(Cl)cc(N(C)CC(=O)NC4CCCC4)n3)cc2)cc1. The summed E-state index contributed by atoms with van der Waals surface area (Å²) in [4.78, 5) is 35.6. The molecular weight excluding hydrogens is 462 g/mol. The fourth-order valence-electron chi connectivity index (χ4n) is 4.16. The predicted molar refractivity (Wildman–Crippen MR) is 139 cm³/mol. The van der Waals surface area contributed by atoms with Crippen LogP contribution in [0.5, 0.6) is 0 Å². The molecule has 2 aromatic carbocycles. The lowest BCUT2D eigenvalue weighted by Gasteiger charge is -2.20. The quantitative estimate of drug-likeness (QED) is 0.443. The number of carbonyl (C=O) groups excluding carboxylic acids is 2. The molecule has 7 nitrogen and oxygen atoms in total. The zero-order valence-corrected chi connectivity index (χ0v) is 20.8. The van der Waals surface area contributed by atoms with Crippen LogP contribution in [-0.4, -0.2) is 41.4 Å². The molecular formula is C27H30ClN5O2. The lowest BCUT2D eigenvalue weighted by molar-refractivity contribution is -0.120. The lowest BCUT2D eigenvalue weighted by atomic mass is 10.1. The Labute approximate surface area is 210 Å². The third kappa shape index (κ3) is 7.02. The third-order valence-corrected chi connectivity index (χ3v) is 6.30. The van der Waals surface area contributed by atoms with E-state index in [0.29, 0.717) is 34.5 Å². The monoisotopic (exact) mass is 491 g/mol. The molecule has 8 heteroatoms. The summed E-state index contributed by atoms with van der Waals surface area (Å²) in [5.74, 6) is 0.995. The molecule has 1 aliphatic carbocycles. The van der Waals surface area contributed by atoms with Crippen LogP contribution < -0.4 is 15.5 Å². The van der Waals surface area contributed by atoms with Crippen molar-refractivity contribution in [1.29, 1.82) is 0 Å². The minimum absolute atomic E-state index is 0.0149. The van der Waals surface area contributed by atoms with Crippen LogP contribution in [0.3, 0.4) is 0 Å². The van der Waals surface area contributed by atoms with E-state index in [1.54, 1.807) is 11.0 Å². The van der Waals surface area contributed by atoms with E-state index in [1.807, 2.05) is 62.5 Å². The molecule has 2 amide bonds. The standard InChI is InChI=1S/C27H30ClN5O2/c1-18-7-11-20(12-8-18)27(35)30-22-13-9-19(10-14-22)15-24-31-23(28)16-25(32-24)33(2)17-26(34)29-21-5-3-4-6-21/h7-14,16,21H,3-6,15,17H2,1-2H3,(H,29,34)(H,30,35). The number of hydrogen-bond acceptors (Lipinski definition) is 5. The van der Waals surface area contributed by atoms with Gasteiger partial charge in [0.2, 0.25) is 5.91 Å². The van der Waals surface area contributed by atoms with E-state index in [4.69, 9.17) is 11.6 Å². The van der Waals surface area contributed by atoms with Gasteiger partial charge in [-0.3, -0.25) is 9.59 Å². The summed E-state index contributed by atoms with van der Waals surface area (Å²) in [6.45, 7) is 2.19. The van der Waals surface area contributed by atoms with Gasteiger partial charge < -0.3 is 15.5 Å². The molecule has 1 aliphatic rings. The molecule has 0 radical (unpaired) electrons. The highest BCUT2D eigenvalue weighted by Gasteiger charge is 2.18. The largest absolute Gasteiger partial charge is 0.352 e. The molecule has 0 aliphatic heterocycles. The Morgan fingerprint density at radius 1 is 1.03 bits per heavy atom. The Morgan fingerprint density at radius 2 is 1.71 bits per heavy atom. The van der Waals surface area contributed by atoms with Crippen LogP contribution in [0.1, 0.15) is 53.0 Å². The number of nitrogens with zero attached hydrogens (tertiary/aromatic N) is 3. The van der Waals surface area contributed by atoms with Crippen molar-refractivity contribution < 1.29 is 9.59 Å². The first-order valence-electron chi connectivity index (χ1n) is 11.9. The van der Waals surface area contributed by atoms with Crippen LogP contribution in [0.2, 0.25) is 5.15 Å². The van der Waals surface area contributed by atoms with E-state index in [0.717, 1.165) is 24.0 Å². The Morgan fingerprint density at radius 3 is 2.40 bits per heavy atom. The van der Waals surface area contributed by atoms with Crippen LogP contribution in [0.15, 0.2) is 54.6 Å². The first-order chi connectivity index (χ1) is 16.9. The lowest BCUT2D eigenvalue weighted by Crippen LogP contribution is -2.40. The van der Waals surface area contributed by atoms with Gasteiger partial charge in [0.15, 0.2) is 0 Å². The van der Waals surface area contributed by atoms with Crippen LogP contribution in [-0.2, 0) is 11.2 Å². The van der Waals surface area contributed by atoms with Gasteiger partial charge in [0.05, 0.1) is 6.54 Å². The maximum absolute atomic E-state index is 12.4. The number of aromatic nitrogens is 2. The number of aryl methyl sites for hydroxylation is 1. The van der Waals surface area contributed by atoms with Crippen molar-refractivity contribution in [3.8, 4) is 0 Å². The minimum atomic E-state index is -0.152. The number of nitrogens with one attached hydrogen (secondary N) is 2. The Kier molecular flexibility index (Phi) is 7.98. The normalized spacial score (nSPS) is 13.5. The number of rotatable bonds is 8. The van der Waals surface area contributed by atoms with Crippen molar-refractivity contribution in [2.75, 3.05) is 23.8 Å². The van der Waals surface area contributed by atoms with E-state index in [1.165, 1.54) is 12.8 Å². The smallest absolute Gasteiger partial charge is 0.255 e. The molecule has 1 heterocycles. The molecule has 35 heavy (non-hydrogen) atoms. The van der Waals surface area contributed by atoms with Crippen molar-refractivity contribution in [1.82, 2.24) is 15.3 Å². The summed E-state index contributed by atoms with van der Waals surface area (Å²) < 4.78 is 0. The number of likely N-dealkylation sites (N-methyl/N-ethyl adjacent to an activating group) is 1. The summed E-state index contributed by atoms with van der Waals surface area (Å²) in [6.07, 6.45) is 4.92. The van der Waals surface area contributed by atoms with E-state index in [2.05, 4.69) is 20.6 Å². The molecule has 0 atom stereocenters. The number of benzene rings is 2. The fraction of sp³-hybridized carbons (Fsp3) is 0.333. The van der Waals surface area contributed by atoms with Crippen molar-refractivity contribution in [2.24, 2.45) is 0 Å². The molecule has 3 aromatic rings. The minimum Gasteiger partial charge on any atom is -0.352 e. The highest BCUT2D eigenvalue weighted by atomic mass is 35.5. The average Bonchev–Trinajstić information content (AvgIpc) is 3.33. The summed E-state index contributed by atoms with van der Waals surface area (Å²) in [6, 6.07) is 16.9. The molecule has 4 rings (SSSR count). The van der Waals surface area contributed by atoms with Gasteiger partial charge in [0, 0.05) is 36.8 Å². The van der Waals surface area contributed by atoms with Gasteiger partial charge in [-0.15, -0.1) is 0 Å². The predicted octanol–water partition coefficient (Wildman–Crippen LogP) is 4.78. The number of halogens is 1. The third-order valence-electron chi connectivity index (χ3n) is 6.11. The van der Waals surface area contributed by atoms with Crippen LogP contribution in [0, 0.1) is 6.92 Å². The van der Waals surface area contributed by atoms with E-state index < -0.39 is 0 Å². The second kappa shape index (κ2) is 11.3. The van der Waals surface area contributed by atoms with Gasteiger partial charge in [-0.1, -0.05) is 54.3 Å². The molecule has 1 saturated carbocycles. The summed E-state index contributed by atoms with van der Waals surface area (Å²) in [5.41, 5.74) is 3.41. The first-order valence-corrected chi connectivity index (χ1v) is 12.2. The highest BCUT2D eigenvalue weighted by molar-refractivity contribution is 6.29. The van der Waals surface area contributed by atoms with Crippen molar-refractivity contribution in [3.63, 3.8) is 0 Å². The molecule has 182 valence electrons. The zero-order valence-electron chi connectivity index (χ0n) is 20.1. The van der Waals surface area contributed by atoms with Gasteiger partial charge >= 0.3 is 0 Å². The average molecular weight is 492 g/mol. The van der Waals surface area contributed by atoms with Crippen molar-refractivity contribution >= 4 is 34.9 Å². The van der Waals surface area contributed by atoms with Gasteiger partial charge in [0.1, 0.15) is 16.8 Å². The summed E-state index contributed by atoms with van der Waals surface area (Å²) >= 11 is 6.26. The fourth-order valence-corrected chi connectivity index (χ4v) is 4.36. The van der Waals surface area contributed by atoms with Crippen LogP contribution in [0.25, 0.3) is 0 Å². The van der Waals surface area contributed by atoms with E-state index in [9.17, 15) is 9.59 Å². The number of anilines is 2. The molecule has 1 fully saturated rings. The van der Waals surface area contributed by atoms with Gasteiger partial charge in [-0.2, -0.15) is 0 Å². The highest BCUT2D eigenvalue weighted by Crippen LogP contribution is 2.20. The Hall–Kier alpha value is -3.45. The molecule has 0 unspecified atom stereocenters. The van der Waals surface area contributed by atoms with Gasteiger partial charge in [-0.25, -0.2) is 9.97 Å². The first kappa shape index (κ1) is 24.7. The maximum Gasteiger partial charge on any atom is 0.255 e. The summed E-state index contributed by atoms with van der Waals surface area (Å²) in [5, 5.41) is 6.33. The van der Waals surface area contributed by atoms with Gasteiger partial charge in [0.25, 0.3) is 5.91 Å². The molecule has 2 N–H and O–H groups in total. The van der Waals surface area contributed by atoms with Crippen molar-refractivity contribution in [3.05, 3.63) is 82.3 Å². The summed E-state index contributed by atoms with van der Waals surface area (Å²) in [7, 11) is 1.82. The maximum atomic E-state index is 12.4. The number of hydrogen-bond donors (Lipinski definition) is 2. The second-order valence-electron chi connectivity index (χ2n) is 9.06. The second-order valence-corrected chi connectivity index (χ2v) is 9.45. The molecule has 1 aromatic heterocycles. The van der Waals surface area contributed by atoms with E-state index in [-0.39, 0.29) is 24.4 Å². The number of amides is 2. The number of carbonyl (C=O) groups is 2. The molecule has 0 saturated heterocycles. The van der Waals surface area contributed by atoms with Gasteiger partial charge in [-0.05, 0) is 49.6 Å². The van der Waals surface area contributed by atoms with Crippen LogP contribution in [0.4, 0.5) is 11.5 Å². The Bertz CT molecular complexity index is 1180. The zero-order chi connectivity index (χ0) is 24.8. The molecule has 0 bridgehead atoms. The van der Waals surface area contributed by atoms with E-state index >= 15 is 0 Å². The van der Waals surface area contributed by atoms with Crippen molar-refractivity contribution in [2.45, 2.75) is 45.1 Å². The Balaban J connectivity index is 1.36. The molecule has 0 spiro atoms. The van der Waals surface area contributed by atoms with Crippen LogP contribution >= 0.6 is 11.6 Å².